The normalized spacial score (nSPS) is 18.1. The van der Waals surface area contributed by atoms with E-state index in [1.807, 2.05) is 35.2 Å². The Morgan fingerprint density at radius 2 is 1.91 bits per heavy atom. The monoisotopic (exact) mass is 466 g/mol. The van der Waals surface area contributed by atoms with Crippen LogP contribution in [-0.2, 0) is 0 Å². The van der Waals surface area contributed by atoms with Gasteiger partial charge in [0.15, 0.2) is 0 Å². The van der Waals surface area contributed by atoms with Gasteiger partial charge in [-0.3, -0.25) is 4.79 Å². The molecule has 0 saturated carbocycles. The number of carbonyl (C=O) groups is 1. The van der Waals surface area contributed by atoms with Gasteiger partial charge in [0.25, 0.3) is 5.91 Å². The number of nitrogens with two attached hydrogens (primary N) is 2. The number of aryl methyl sites for hydroxylation is 1. The summed E-state index contributed by atoms with van der Waals surface area (Å²) in [5, 5.41) is 1.47. The van der Waals surface area contributed by atoms with Crippen molar-refractivity contribution in [2.75, 3.05) is 17.8 Å². The van der Waals surface area contributed by atoms with E-state index in [0.717, 1.165) is 40.8 Å². The van der Waals surface area contributed by atoms with Crippen molar-refractivity contribution in [1.82, 2.24) is 4.90 Å². The van der Waals surface area contributed by atoms with Gasteiger partial charge in [-0.2, -0.15) is 0 Å². The summed E-state index contributed by atoms with van der Waals surface area (Å²) in [6.07, 6.45) is 2.99. The Morgan fingerprint density at radius 3 is 2.55 bits per heavy atom. The smallest absolute Gasteiger partial charge is 0.264 e. The highest BCUT2D eigenvalue weighted by Gasteiger charge is 2.34. The summed E-state index contributed by atoms with van der Waals surface area (Å²) in [5.74, 6) is 5.65. The molecule has 2 aromatic carbocycles. The molecular weight excluding hydrogens is 435 g/mol. The van der Waals surface area contributed by atoms with Crippen molar-refractivity contribution in [3.8, 4) is 21.6 Å². The van der Waals surface area contributed by atoms with Crippen LogP contribution >= 0.6 is 11.3 Å². The van der Waals surface area contributed by atoms with E-state index in [0.29, 0.717) is 21.8 Å². The van der Waals surface area contributed by atoms with Crippen molar-refractivity contribution >= 4 is 28.6 Å². The first-order valence-electron chi connectivity index (χ1n) is 11.3. The van der Waals surface area contributed by atoms with Crippen LogP contribution in [0.3, 0.4) is 0 Å². The summed E-state index contributed by atoms with van der Waals surface area (Å²) < 4.78 is 14.5. The number of nitrogens with zero attached hydrogens (tertiary/aromatic N) is 2. The molecule has 0 aliphatic carbocycles. The number of likely N-dealkylation sites (tertiary alicyclic amines) is 1. The van der Waals surface area contributed by atoms with Gasteiger partial charge in [0.2, 0.25) is 0 Å². The lowest BCUT2D eigenvalue weighted by atomic mass is 10.00. The fraction of sp³-hybridized carbons (Fsp3) is 0.346. The van der Waals surface area contributed by atoms with Crippen LogP contribution in [0.1, 0.15) is 48.3 Å². The topological polar surface area (TPSA) is 75.6 Å². The molecule has 2 heterocycles. The molecule has 2 atom stereocenters. The van der Waals surface area contributed by atoms with Gasteiger partial charge in [0.1, 0.15) is 5.82 Å². The van der Waals surface area contributed by atoms with Crippen LogP contribution in [0.5, 0.6) is 0 Å². The molecule has 1 aliphatic rings. The number of benzene rings is 2. The SMILES string of the molecule is CCC1CCC(C)N1C(=O)c1cc(-c2ccc(C)c(F)c2)c(-c2ccc(N(C)N)c(N)c2)s1. The Kier molecular flexibility index (Phi) is 6.45. The number of hydrogen-bond acceptors (Lipinski definition) is 5. The maximum atomic E-state index is 14.5. The van der Waals surface area contributed by atoms with E-state index in [-0.39, 0.29) is 23.8 Å². The minimum absolute atomic E-state index is 0.0446. The van der Waals surface area contributed by atoms with Crippen molar-refractivity contribution in [2.45, 2.75) is 52.1 Å². The summed E-state index contributed by atoms with van der Waals surface area (Å²) in [5.41, 5.74) is 10.5. The second-order valence-corrected chi connectivity index (χ2v) is 9.95. The Morgan fingerprint density at radius 1 is 1.18 bits per heavy atom. The number of hydrogen-bond donors (Lipinski definition) is 2. The van der Waals surface area contributed by atoms with Crippen molar-refractivity contribution in [3.63, 3.8) is 0 Å². The maximum Gasteiger partial charge on any atom is 0.264 e. The van der Waals surface area contributed by atoms with E-state index >= 15 is 0 Å². The highest BCUT2D eigenvalue weighted by Crippen LogP contribution is 2.42. The number of amides is 1. The van der Waals surface area contributed by atoms with Crippen molar-refractivity contribution in [3.05, 3.63) is 58.7 Å². The Balaban J connectivity index is 1.84. The standard InChI is InChI=1S/C26H31FN4OS/c1-5-19-10-7-16(3)31(19)26(32)24-14-20(17-8-6-15(2)21(27)12-17)25(33-24)18-9-11-23(30(4)29)22(28)13-18/h6,8-9,11-14,16,19H,5,7,10,28-29H2,1-4H3. The van der Waals surface area contributed by atoms with E-state index in [1.54, 1.807) is 20.0 Å². The van der Waals surface area contributed by atoms with Gasteiger partial charge >= 0.3 is 0 Å². The third kappa shape index (κ3) is 4.35. The summed E-state index contributed by atoms with van der Waals surface area (Å²) >= 11 is 1.44. The molecule has 5 nitrogen and oxygen atoms in total. The third-order valence-electron chi connectivity index (χ3n) is 6.59. The van der Waals surface area contributed by atoms with E-state index in [2.05, 4.69) is 13.8 Å². The molecule has 1 fully saturated rings. The molecule has 0 radical (unpaired) electrons. The summed E-state index contributed by atoms with van der Waals surface area (Å²) in [7, 11) is 1.73. The molecule has 2 unspecified atom stereocenters. The highest BCUT2D eigenvalue weighted by atomic mass is 32.1. The first kappa shape index (κ1) is 23.3. The number of anilines is 2. The van der Waals surface area contributed by atoms with Crippen LogP contribution in [0.25, 0.3) is 21.6 Å². The molecule has 1 amide bonds. The zero-order valence-electron chi connectivity index (χ0n) is 19.6. The summed E-state index contributed by atoms with van der Waals surface area (Å²) in [6, 6.07) is 13.2. The Bertz CT molecular complexity index is 1190. The van der Waals surface area contributed by atoms with Gasteiger partial charge in [-0.05, 0) is 74.1 Å². The predicted molar refractivity (Wildman–Crippen MR) is 136 cm³/mol. The maximum absolute atomic E-state index is 14.5. The van der Waals surface area contributed by atoms with Gasteiger partial charge in [-0.15, -0.1) is 11.3 Å². The fourth-order valence-electron chi connectivity index (χ4n) is 4.67. The van der Waals surface area contributed by atoms with Crippen molar-refractivity contribution < 1.29 is 9.18 Å². The second-order valence-electron chi connectivity index (χ2n) is 8.90. The molecule has 1 aliphatic heterocycles. The quantitative estimate of drug-likeness (QED) is 0.282. The average Bonchev–Trinajstić information content (AvgIpc) is 3.38. The number of halogens is 1. The fourth-order valence-corrected chi connectivity index (χ4v) is 5.79. The number of rotatable bonds is 5. The molecule has 1 aromatic heterocycles. The molecule has 4 rings (SSSR count). The Labute approximate surface area is 198 Å². The van der Waals surface area contributed by atoms with Gasteiger partial charge in [0, 0.05) is 29.6 Å². The third-order valence-corrected chi connectivity index (χ3v) is 7.76. The summed E-state index contributed by atoms with van der Waals surface area (Å²) in [6.45, 7) is 5.98. The second kappa shape index (κ2) is 9.15. The highest BCUT2D eigenvalue weighted by molar-refractivity contribution is 7.18. The van der Waals surface area contributed by atoms with Crippen LogP contribution < -0.4 is 16.6 Å². The number of nitrogen functional groups attached to an aromatic ring is 1. The predicted octanol–water partition coefficient (Wildman–Crippen LogP) is 5.82. The Hall–Kier alpha value is -2.90. The van der Waals surface area contributed by atoms with Crippen LogP contribution in [-0.4, -0.2) is 29.9 Å². The largest absolute Gasteiger partial charge is 0.397 e. The molecule has 0 bridgehead atoms. The van der Waals surface area contributed by atoms with Crippen LogP contribution in [0.15, 0.2) is 42.5 Å². The molecule has 0 spiro atoms. The van der Waals surface area contributed by atoms with Crippen molar-refractivity contribution in [1.29, 1.82) is 0 Å². The van der Waals surface area contributed by atoms with Crippen molar-refractivity contribution in [2.24, 2.45) is 5.84 Å². The van der Waals surface area contributed by atoms with Gasteiger partial charge < -0.3 is 15.6 Å². The minimum atomic E-state index is -0.267. The molecule has 4 N–H and O–H groups in total. The molecular formula is C26H31FN4OS. The lowest BCUT2D eigenvalue weighted by molar-refractivity contribution is 0.0681. The number of hydrazine groups is 1. The molecule has 33 heavy (non-hydrogen) atoms. The minimum Gasteiger partial charge on any atom is -0.397 e. The number of thiophene rings is 1. The van der Waals surface area contributed by atoms with E-state index < -0.39 is 0 Å². The van der Waals surface area contributed by atoms with Crippen LogP contribution in [0.4, 0.5) is 15.8 Å². The van der Waals surface area contributed by atoms with Gasteiger partial charge in [-0.25, -0.2) is 10.2 Å². The zero-order valence-corrected chi connectivity index (χ0v) is 20.4. The van der Waals surface area contributed by atoms with Crippen LogP contribution in [0, 0.1) is 12.7 Å². The lowest BCUT2D eigenvalue weighted by Crippen LogP contribution is -2.39. The zero-order chi connectivity index (χ0) is 23.9. The molecule has 1 saturated heterocycles. The van der Waals surface area contributed by atoms with E-state index in [1.165, 1.54) is 22.4 Å². The molecule has 3 aromatic rings. The van der Waals surface area contributed by atoms with Gasteiger partial charge in [0.05, 0.1) is 16.3 Å². The lowest BCUT2D eigenvalue weighted by Gasteiger charge is -2.27. The van der Waals surface area contributed by atoms with E-state index in [4.69, 9.17) is 11.6 Å². The van der Waals surface area contributed by atoms with Gasteiger partial charge in [-0.1, -0.05) is 25.1 Å². The average molecular weight is 467 g/mol. The number of carbonyl (C=O) groups excluding carboxylic acids is 1. The molecule has 7 heteroatoms. The molecule has 174 valence electrons. The first-order valence-corrected chi connectivity index (χ1v) is 12.1. The summed E-state index contributed by atoms with van der Waals surface area (Å²) in [4.78, 5) is 17.2. The van der Waals surface area contributed by atoms with E-state index in [9.17, 15) is 9.18 Å². The first-order chi connectivity index (χ1) is 15.7. The van der Waals surface area contributed by atoms with Crippen LogP contribution in [0.2, 0.25) is 0 Å².